The molecule has 1 saturated heterocycles. The number of hydrogen-bond acceptors (Lipinski definition) is 4. The summed E-state index contributed by atoms with van der Waals surface area (Å²) in [4.78, 5) is 2.38. The zero-order valence-corrected chi connectivity index (χ0v) is 14.7. The molecule has 1 aromatic rings. The average molecular weight is 377 g/mol. The number of hydrogen-bond donors (Lipinski definition) is 1. The molecular formula is C14H21BrN2O3S. The molecule has 7 heteroatoms. The topological polar surface area (TPSA) is 58.6 Å². The molecule has 118 valence electrons. The highest BCUT2D eigenvalue weighted by Crippen LogP contribution is 2.27. The second kappa shape index (κ2) is 7.09. The first-order valence-corrected chi connectivity index (χ1v) is 9.25. The van der Waals surface area contributed by atoms with Crippen LogP contribution in [0.2, 0.25) is 0 Å². The summed E-state index contributed by atoms with van der Waals surface area (Å²) in [5, 5.41) is 0. The number of benzene rings is 1. The van der Waals surface area contributed by atoms with Gasteiger partial charge >= 0.3 is 0 Å². The summed E-state index contributed by atoms with van der Waals surface area (Å²) in [6.45, 7) is 1.45. The van der Waals surface area contributed by atoms with Gasteiger partial charge in [0.25, 0.3) is 0 Å². The van der Waals surface area contributed by atoms with E-state index >= 15 is 0 Å². The largest absolute Gasteiger partial charge is 0.495 e. The van der Waals surface area contributed by atoms with Gasteiger partial charge in [0.2, 0.25) is 10.0 Å². The summed E-state index contributed by atoms with van der Waals surface area (Å²) in [5.74, 6) is 0.350. The van der Waals surface area contributed by atoms with Crippen molar-refractivity contribution in [1.29, 1.82) is 0 Å². The summed E-state index contributed by atoms with van der Waals surface area (Å²) in [6, 6.07) is 5.22. The first kappa shape index (κ1) is 16.7. The van der Waals surface area contributed by atoms with Gasteiger partial charge in [-0.2, -0.15) is 0 Å². The summed E-state index contributed by atoms with van der Waals surface area (Å²) in [6.07, 6.45) is 3.35. The van der Waals surface area contributed by atoms with Gasteiger partial charge in [-0.25, -0.2) is 13.1 Å². The number of ether oxygens (including phenoxy) is 1. The molecule has 1 unspecified atom stereocenters. The van der Waals surface area contributed by atoms with E-state index in [1.807, 2.05) is 7.05 Å². The Morgan fingerprint density at radius 3 is 2.86 bits per heavy atom. The fraction of sp³-hybridized carbons (Fsp3) is 0.571. The van der Waals surface area contributed by atoms with Crippen molar-refractivity contribution in [3.63, 3.8) is 0 Å². The number of methoxy groups -OCH3 is 1. The van der Waals surface area contributed by atoms with E-state index in [1.165, 1.54) is 13.5 Å². The zero-order chi connectivity index (χ0) is 15.5. The molecule has 0 radical (unpaired) electrons. The third kappa shape index (κ3) is 4.18. The summed E-state index contributed by atoms with van der Waals surface area (Å²) >= 11 is 3.30. The van der Waals surface area contributed by atoms with Crippen molar-refractivity contribution in [1.82, 2.24) is 9.62 Å². The first-order chi connectivity index (χ1) is 9.94. The maximum Gasteiger partial charge on any atom is 0.244 e. The van der Waals surface area contributed by atoms with Crippen LogP contribution in [-0.4, -0.2) is 46.6 Å². The molecule has 5 nitrogen and oxygen atoms in total. The molecule has 0 bridgehead atoms. The maximum atomic E-state index is 12.5. The van der Waals surface area contributed by atoms with E-state index in [9.17, 15) is 8.42 Å². The van der Waals surface area contributed by atoms with Crippen LogP contribution < -0.4 is 9.46 Å². The van der Waals surface area contributed by atoms with Crippen molar-refractivity contribution in [3.05, 3.63) is 22.7 Å². The van der Waals surface area contributed by atoms with Crippen LogP contribution >= 0.6 is 15.9 Å². The molecule has 2 rings (SSSR count). The van der Waals surface area contributed by atoms with E-state index in [0.29, 0.717) is 16.8 Å². The fourth-order valence-electron chi connectivity index (χ4n) is 2.55. The number of sulfonamides is 1. The fourth-order valence-corrected chi connectivity index (χ4v) is 4.32. The third-order valence-electron chi connectivity index (χ3n) is 3.85. The van der Waals surface area contributed by atoms with Crippen LogP contribution in [0.1, 0.15) is 19.3 Å². The zero-order valence-electron chi connectivity index (χ0n) is 12.3. The van der Waals surface area contributed by atoms with Crippen LogP contribution in [0.4, 0.5) is 0 Å². The molecule has 1 N–H and O–H groups in total. The number of nitrogens with zero attached hydrogens (tertiary/aromatic N) is 1. The highest BCUT2D eigenvalue weighted by Gasteiger charge is 2.24. The van der Waals surface area contributed by atoms with Gasteiger partial charge in [0.1, 0.15) is 10.6 Å². The molecule has 1 atom stereocenters. The van der Waals surface area contributed by atoms with Gasteiger partial charge in [0, 0.05) is 17.1 Å². The number of rotatable bonds is 5. The standard InChI is InChI=1S/C14H21BrN2O3S/c1-17-8-4-3-5-12(17)10-16-21(18,19)14-9-11(15)6-7-13(14)20-2/h6-7,9,12,16H,3-5,8,10H2,1-2H3. The lowest BCUT2D eigenvalue weighted by molar-refractivity contribution is 0.187. The minimum absolute atomic E-state index is 0.165. The van der Waals surface area contributed by atoms with Gasteiger partial charge in [-0.1, -0.05) is 22.4 Å². The minimum atomic E-state index is -3.58. The van der Waals surface area contributed by atoms with Crippen LogP contribution in [0.25, 0.3) is 0 Å². The predicted molar refractivity (Wildman–Crippen MR) is 86.2 cm³/mol. The minimum Gasteiger partial charge on any atom is -0.495 e. The van der Waals surface area contributed by atoms with Gasteiger partial charge in [-0.05, 0) is 44.6 Å². The van der Waals surface area contributed by atoms with Crippen molar-refractivity contribution in [2.24, 2.45) is 0 Å². The highest BCUT2D eigenvalue weighted by atomic mass is 79.9. The summed E-state index contributed by atoms with van der Waals surface area (Å²) < 4.78 is 33.5. The third-order valence-corrected chi connectivity index (χ3v) is 5.78. The van der Waals surface area contributed by atoms with Crippen LogP contribution in [-0.2, 0) is 10.0 Å². The van der Waals surface area contributed by atoms with E-state index < -0.39 is 10.0 Å². The predicted octanol–water partition coefficient (Wildman–Crippen LogP) is 2.22. The van der Waals surface area contributed by atoms with Crippen molar-refractivity contribution < 1.29 is 13.2 Å². The van der Waals surface area contributed by atoms with E-state index in [0.717, 1.165) is 19.4 Å². The van der Waals surface area contributed by atoms with E-state index in [2.05, 4.69) is 25.6 Å². The molecule has 0 aliphatic carbocycles. The number of piperidine rings is 1. The van der Waals surface area contributed by atoms with Crippen molar-refractivity contribution in [2.75, 3.05) is 27.2 Å². The van der Waals surface area contributed by atoms with Gasteiger partial charge in [-0.15, -0.1) is 0 Å². The Morgan fingerprint density at radius 1 is 1.43 bits per heavy atom. The lowest BCUT2D eigenvalue weighted by Crippen LogP contribution is -2.44. The molecule has 1 aromatic carbocycles. The Balaban J connectivity index is 2.13. The smallest absolute Gasteiger partial charge is 0.244 e. The lowest BCUT2D eigenvalue weighted by atomic mass is 10.0. The molecule has 0 saturated carbocycles. The summed E-state index contributed by atoms with van der Waals surface area (Å²) in [5.41, 5.74) is 0. The van der Waals surface area contributed by atoms with E-state index in [1.54, 1.807) is 18.2 Å². The Morgan fingerprint density at radius 2 is 2.19 bits per heavy atom. The van der Waals surface area contributed by atoms with Crippen molar-refractivity contribution in [3.8, 4) is 5.75 Å². The number of likely N-dealkylation sites (N-methyl/N-ethyl adjacent to an activating group) is 1. The number of nitrogens with one attached hydrogen (secondary N) is 1. The van der Waals surface area contributed by atoms with Gasteiger partial charge < -0.3 is 9.64 Å². The molecule has 1 aliphatic rings. The number of likely N-dealkylation sites (tertiary alicyclic amines) is 1. The second-order valence-corrected chi connectivity index (χ2v) is 7.93. The van der Waals surface area contributed by atoms with E-state index in [4.69, 9.17) is 4.74 Å². The van der Waals surface area contributed by atoms with Gasteiger partial charge in [0.15, 0.2) is 0 Å². The molecular weight excluding hydrogens is 356 g/mol. The molecule has 0 amide bonds. The maximum absolute atomic E-state index is 12.5. The Bertz CT molecular complexity index is 592. The molecule has 1 heterocycles. The molecule has 1 fully saturated rings. The van der Waals surface area contributed by atoms with Crippen LogP contribution in [0.15, 0.2) is 27.6 Å². The molecule has 1 aliphatic heterocycles. The highest BCUT2D eigenvalue weighted by molar-refractivity contribution is 9.10. The molecule has 0 spiro atoms. The molecule has 0 aromatic heterocycles. The first-order valence-electron chi connectivity index (χ1n) is 6.97. The number of halogens is 1. The monoisotopic (exact) mass is 376 g/mol. The quantitative estimate of drug-likeness (QED) is 0.855. The van der Waals surface area contributed by atoms with Gasteiger partial charge in [-0.3, -0.25) is 0 Å². The Kier molecular flexibility index (Phi) is 5.65. The molecule has 21 heavy (non-hydrogen) atoms. The van der Waals surface area contributed by atoms with Crippen LogP contribution in [0, 0.1) is 0 Å². The second-order valence-electron chi connectivity index (χ2n) is 5.28. The SMILES string of the molecule is COc1ccc(Br)cc1S(=O)(=O)NCC1CCCCN1C. The van der Waals surface area contributed by atoms with Gasteiger partial charge in [0.05, 0.1) is 7.11 Å². The summed E-state index contributed by atoms with van der Waals surface area (Å²) in [7, 11) is -0.0711. The van der Waals surface area contributed by atoms with Crippen molar-refractivity contribution >= 4 is 26.0 Å². The Labute approximate surface area is 134 Å². The lowest BCUT2D eigenvalue weighted by Gasteiger charge is -2.32. The van der Waals surface area contributed by atoms with E-state index in [-0.39, 0.29) is 10.9 Å². The average Bonchev–Trinajstić information content (AvgIpc) is 2.46. The van der Waals surface area contributed by atoms with Crippen LogP contribution in [0.3, 0.4) is 0 Å². The van der Waals surface area contributed by atoms with Crippen molar-refractivity contribution in [2.45, 2.75) is 30.2 Å². The van der Waals surface area contributed by atoms with Crippen LogP contribution in [0.5, 0.6) is 5.75 Å². The normalized spacial score (nSPS) is 20.4. The Hall–Kier alpha value is -0.630.